The number of rotatable bonds is 3. The first-order valence-electron chi connectivity index (χ1n) is 7.56. The molecule has 0 radical (unpaired) electrons. The molecule has 0 aliphatic heterocycles. The maximum atomic E-state index is 13.3. The fraction of sp³-hybridized carbons (Fsp3) is 0.0625. The number of carbonyl (C=O) groups excluding carboxylic acids is 1. The molecule has 0 aliphatic rings. The summed E-state index contributed by atoms with van der Waals surface area (Å²) in [5.41, 5.74) is 8.06. The van der Waals surface area contributed by atoms with Crippen molar-refractivity contribution in [1.82, 2.24) is 29.1 Å². The van der Waals surface area contributed by atoms with Crippen LogP contribution < -0.4 is 11.1 Å². The molecule has 130 valence electrons. The summed E-state index contributed by atoms with van der Waals surface area (Å²) < 4.78 is 16.2. The zero-order valence-electron chi connectivity index (χ0n) is 13.6. The topological polar surface area (TPSA) is 116 Å². The molecule has 0 bridgehead atoms. The molecule has 4 aromatic heterocycles. The van der Waals surface area contributed by atoms with Crippen LogP contribution in [-0.4, -0.2) is 35.0 Å². The smallest absolute Gasteiger partial charge is 0.263 e. The average Bonchev–Trinajstić information content (AvgIpc) is 3.17. The number of aryl methyl sites for hydroxylation is 1. The molecule has 1 amide bonds. The lowest BCUT2D eigenvalue weighted by Gasteiger charge is -2.10. The molecule has 4 rings (SSSR count). The van der Waals surface area contributed by atoms with E-state index in [1.54, 1.807) is 24.8 Å². The van der Waals surface area contributed by atoms with Gasteiger partial charge in [-0.05, 0) is 6.07 Å². The second-order valence-corrected chi connectivity index (χ2v) is 5.57. The molecule has 26 heavy (non-hydrogen) atoms. The highest BCUT2D eigenvalue weighted by atomic mass is 19.1. The molecular formula is C16H13FN8O. The monoisotopic (exact) mass is 352 g/mol. The van der Waals surface area contributed by atoms with Gasteiger partial charge in [-0.3, -0.25) is 9.78 Å². The van der Waals surface area contributed by atoms with E-state index in [2.05, 4.69) is 25.4 Å². The minimum absolute atomic E-state index is 0.0495. The van der Waals surface area contributed by atoms with Crippen LogP contribution in [0, 0.1) is 5.82 Å². The minimum atomic E-state index is -0.585. The predicted molar refractivity (Wildman–Crippen MR) is 91.7 cm³/mol. The first-order valence-corrected chi connectivity index (χ1v) is 7.56. The standard InChI is InChI=1S/C16H13FN8O/c1-24-8-20-6-12(24)10-2-3-19-5-11(10)22-16(26)13-14(18)23-25-7-9(17)4-21-15(13)25/h2-8H,1H3,(H2,18,23)(H,22,26). The Morgan fingerprint density at radius 3 is 2.88 bits per heavy atom. The summed E-state index contributed by atoms with van der Waals surface area (Å²) in [6, 6.07) is 1.76. The average molecular weight is 352 g/mol. The number of amides is 1. The molecule has 3 N–H and O–H groups in total. The van der Waals surface area contributed by atoms with E-state index in [4.69, 9.17) is 5.73 Å². The number of carbonyl (C=O) groups is 1. The number of aromatic nitrogens is 6. The molecule has 4 aromatic rings. The maximum Gasteiger partial charge on any atom is 0.263 e. The van der Waals surface area contributed by atoms with Crippen molar-refractivity contribution in [2.45, 2.75) is 0 Å². The zero-order chi connectivity index (χ0) is 18.3. The Kier molecular flexibility index (Phi) is 3.57. The lowest BCUT2D eigenvalue weighted by Crippen LogP contribution is -2.15. The lowest BCUT2D eigenvalue weighted by atomic mass is 10.1. The largest absolute Gasteiger partial charge is 0.381 e. The van der Waals surface area contributed by atoms with Crippen molar-refractivity contribution in [3.05, 3.63) is 54.8 Å². The highest BCUT2D eigenvalue weighted by molar-refractivity contribution is 6.12. The maximum absolute atomic E-state index is 13.3. The van der Waals surface area contributed by atoms with Crippen LogP contribution in [0.4, 0.5) is 15.9 Å². The Labute approximate surface area is 146 Å². The third-order valence-corrected chi connectivity index (χ3v) is 3.86. The lowest BCUT2D eigenvalue weighted by molar-refractivity contribution is 0.102. The quantitative estimate of drug-likeness (QED) is 0.577. The summed E-state index contributed by atoms with van der Waals surface area (Å²) in [7, 11) is 1.84. The van der Waals surface area contributed by atoms with Crippen molar-refractivity contribution in [2.75, 3.05) is 11.1 Å². The van der Waals surface area contributed by atoms with E-state index in [0.717, 1.165) is 28.2 Å². The molecule has 0 unspecified atom stereocenters. The minimum Gasteiger partial charge on any atom is -0.381 e. The number of nitrogens with two attached hydrogens (primary N) is 1. The Morgan fingerprint density at radius 1 is 1.27 bits per heavy atom. The number of nitrogens with one attached hydrogen (secondary N) is 1. The summed E-state index contributed by atoms with van der Waals surface area (Å²) in [6.07, 6.45) is 8.57. The Balaban J connectivity index is 1.75. The summed E-state index contributed by atoms with van der Waals surface area (Å²) in [5.74, 6) is -1.16. The van der Waals surface area contributed by atoms with E-state index < -0.39 is 11.7 Å². The van der Waals surface area contributed by atoms with E-state index in [-0.39, 0.29) is 17.0 Å². The van der Waals surface area contributed by atoms with Crippen LogP contribution in [0.1, 0.15) is 10.4 Å². The Bertz CT molecular complexity index is 1130. The van der Waals surface area contributed by atoms with Crippen molar-refractivity contribution in [3.8, 4) is 11.3 Å². The second-order valence-electron chi connectivity index (χ2n) is 5.57. The normalized spacial score (nSPS) is 11.0. The van der Waals surface area contributed by atoms with Gasteiger partial charge in [0.15, 0.2) is 17.3 Å². The van der Waals surface area contributed by atoms with Gasteiger partial charge in [0.1, 0.15) is 5.56 Å². The molecular weight excluding hydrogens is 339 g/mol. The van der Waals surface area contributed by atoms with Crippen LogP contribution in [0.5, 0.6) is 0 Å². The molecule has 0 aromatic carbocycles. The van der Waals surface area contributed by atoms with Crippen molar-refractivity contribution in [3.63, 3.8) is 0 Å². The summed E-state index contributed by atoms with van der Waals surface area (Å²) in [4.78, 5) is 24.8. The van der Waals surface area contributed by atoms with Crippen molar-refractivity contribution in [1.29, 1.82) is 0 Å². The number of halogens is 1. The van der Waals surface area contributed by atoms with Crippen LogP contribution in [-0.2, 0) is 7.05 Å². The number of anilines is 2. The molecule has 4 heterocycles. The molecule has 0 saturated carbocycles. The van der Waals surface area contributed by atoms with Gasteiger partial charge >= 0.3 is 0 Å². The van der Waals surface area contributed by atoms with Crippen LogP contribution in [0.15, 0.2) is 43.4 Å². The predicted octanol–water partition coefficient (Wildman–Crippen LogP) is 1.50. The summed E-state index contributed by atoms with van der Waals surface area (Å²) in [5, 5.41) is 6.69. The number of imidazole rings is 1. The molecule has 0 aliphatic carbocycles. The molecule has 10 heteroatoms. The zero-order valence-corrected chi connectivity index (χ0v) is 13.6. The fourth-order valence-electron chi connectivity index (χ4n) is 2.67. The van der Waals surface area contributed by atoms with Gasteiger partial charge in [0.25, 0.3) is 5.91 Å². The molecule has 0 fully saturated rings. The number of nitrogen functional groups attached to an aromatic ring is 1. The van der Waals surface area contributed by atoms with E-state index in [1.807, 2.05) is 11.6 Å². The van der Waals surface area contributed by atoms with Crippen molar-refractivity contribution >= 4 is 23.1 Å². The highest BCUT2D eigenvalue weighted by Crippen LogP contribution is 2.27. The van der Waals surface area contributed by atoms with E-state index in [9.17, 15) is 9.18 Å². The number of fused-ring (bicyclic) bond motifs is 1. The van der Waals surface area contributed by atoms with Gasteiger partial charge in [-0.2, -0.15) is 0 Å². The summed E-state index contributed by atoms with van der Waals surface area (Å²) >= 11 is 0. The number of nitrogens with zero attached hydrogens (tertiary/aromatic N) is 6. The number of pyridine rings is 1. The van der Waals surface area contributed by atoms with Crippen LogP contribution in [0.25, 0.3) is 16.9 Å². The number of hydrogen-bond donors (Lipinski definition) is 2. The van der Waals surface area contributed by atoms with Crippen molar-refractivity contribution < 1.29 is 9.18 Å². The third kappa shape index (κ3) is 2.53. The van der Waals surface area contributed by atoms with Crippen LogP contribution in [0.2, 0.25) is 0 Å². The van der Waals surface area contributed by atoms with Gasteiger partial charge in [-0.1, -0.05) is 0 Å². The fourth-order valence-corrected chi connectivity index (χ4v) is 2.67. The summed E-state index contributed by atoms with van der Waals surface area (Å²) in [6.45, 7) is 0. The van der Waals surface area contributed by atoms with Crippen LogP contribution >= 0.6 is 0 Å². The van der Waals surface area contributed by atoms with Gasteiger partial charge < -0.3 is 15.6 Å². The second kappa shape index (κ2) is 5.92. The Hall–Kier alpha value is -3.82. The molecule has 0 atom stereocenters. The number of hydrogen-bond acceptors (Lipinski definition) is 6. The Morgan fingerprint density at radius 2 is 2.12 bits per heavy atom. The first kappa shape index (κ1) is 15.7. The SMILES string of the molecule is Cn1cncc1-c1ccncc1NC(=O)c1c(N)nn2cc(F)cnc12. The molecule has 0 saturated heterocycles. The van der Waals surface area contributed by atoms with E-state index in [1.165, 1.54) is 6.20 Å². The van der Waals surface area contributed by atoms with Gasteiger partial charge in [0, 0.05) is 18.8 Å². The van der Waals surface area contributed by atoms with Gasteiger partial charge in [0.2, 0.25) is 0 Å². The van der Waals surface area contributed by atoms with E-state index in [0.29, 0.717) is 5.69 Å². The third-order valence-electron chi connectivity index (χ3n) is 3.86. The van der Waals surface area contributed by atoms with E-state index >= 15 is 0 Å². The highest BCUT2D eigenvalue weighted by Gasteiger charge is 2.21. The van der Waals surface area contributed by atoms with Gasteiger partial charge in [-0.15, -0.1) is 5.10 Å². The molecule has 9 nitrogen and oxygen atoms in total. The van der Waals surface area contributed by atoms with Gasteiger partial charge in [0.05, 0.1) is 42.5 Å². The van der Waals surface area contributed by atoms with Crippen LogP contribution in [0.3, 0.4) is 0 Å². The van der Waals surface area contributed by atoms with Crippen molar-refractivity contribution in [2.24, 2.45) is 7.05 Å². The molecule has 0 spiro atoms. The van der Waals surface area contributed by atoms with Gasteiger partial charge in [-0.25, -0.2) is 18.9 Å². The first-order chi connectivity index (χ1) is 12.5.